The number of carbonyl (C=O) groups is 2. The molecule has 0 spiro atoms. The molecular formula is C20H27BN4O4. The van der Waals surface area contributed by atoms with Crippen LogP contribution in [0.5, 0.6) is 0 Å². The minimum atomic E-state index is -1.72. The first-order chi connectivity index (χ1) is 13.8. The molecule has 0 saturated carbocycles. The maximum absolute atomic E-state index is 12.9. The highest BCUT2D eigenvalue weighted by molar-refractivity contribution is 6.61. The summed E-state index contributed by atoms with van der Waals surface area (Å²) in [4.78, 5) is 32.7. The predicted octanol–water partition coefficient (Wildman–Crippen LogP) is -0.0109. The number of aliphatic imine (C=N–C) groups is 2. The van der Waals surface area contributed by atoms with E-state index in [-0.39, 0.29) is 18.1 Å². The van der Waals surface area contributed by atoms with Gasteiger partial charge in [-0.3, -0.25) is 14.6 Å². The Morgan fingerprint density at radius 1 is 1.24 bits per heavy atom. The van der Waals surface area contributed by atoms with Gasteiger partial charge in [0, 0.05) is 19.5 Å². The lowest BCUT2D eigenvalue weighted by Gasteiger charge is -2.24. The van der Waals surface area contributed by atoms with Crippen LogP contribution in [-0.4, -0.2) is 59.9 Å². The number of nitrogens with one attached hydrogen (secondary N) is 2. The Labute approximate surface area is 171 Å². The van der Waals surface area contributed by atoms with Crippen molar-refractivity contribution in [3.8, 4) is 12.5 Å². The van der Waals surface area contributed by atoms with Crippen molar-refractivity contribution in [2.75, 3.05) is 7.05 Å². The van der Waals surface area contributed by atoms with Crippen LogP contribution in [0.2, 0.25) is 0 Å². The molecule has 0 radical (unpaired) electrons. The number of amides is 2. The van der Waals surface area contributed by atoms with Crippen LogP contribution in [-0.2, 0) is 16.0 Å². The molecule has 0 aliphatic carbocycles. The van der Waals surface area contributed by atoms with Crippen molar-refractivity contribution in [1.82, 2.24) is 10.6 Å². The van der Waals surface area contributed by atoms with E-state index in [0.29, 0.717) is 6.42 Å². The van der Waals surface area contributed by atoms with Gasteiger partial charge < -0.3 is 20.7 Å². The Balaban J connectivity index is 3.06. The molecular weight excluding hydrogens is 371 g/mol. The lowest BCUT2D eigenvalue weighted by molar-refractivity contribution is -0.126. The minimum Gasteiger partial charge on any atom is -0.426 e. The summed E-state index contributed by atoms with van der Waals surface area (Å²) >= 11 is 0. The van der Waals surface area contributed by atoms with Gasteiger partial charge in [0.05, 0.1) is 12.2 Å². The molecule has 0 bridgehead atoms. The van der Waals surface area contributed by atoms with E-state index in [1.54, 1.807) is 0 Å². The number of hydrogen-bond acceptors (Lipinski definition) is 6. The summed E-state index contributed by atoms with van der Waals surface area (Å²) in [6.45, 7) is 3.80. The highest BCUT2D eigenvalue weighted by atomic mass is 16.4. The lowest BCUT2D eigenvalue weighted by Crippen LogP contribution is -2.55. The number of nitrogens with zero attached hydrogens (tertiary/aromatic N) is 2. The second-order valence-electron chi connectivity index (χ2n) is 6.89. The van der Waals surface area contributed by atoms with Gasteiger partial charge >= 0.3 is 7.12 Å². The summed E-state index contributed by atoms with van der Waals surface area (Å²) < 4.78 is 0. The number of terminal acetylenes is 1. The first-order valence-corrected chi connectivity index (χ1v) is 9.25. The second kappa shape index (κ2) is 12.5. The molecule has 2 atom stereocenters. The average molecular weight is 398 g/mol. The number of carbonyl (C=O) groups excluding carboxylic acids is 2. The van der Waals surface area contributed by atoms with Crippen LogP contribution in [0.1, 0.15) is 25.8 Å². The molecule has 1 aromatic carbocycles. The maximum Gasteiger partial charge on any atom is 0.475 e. The normalized spacial score (nSPS) is 13.6. The van der Waals surface area contributed by atoms with E-state index in [2.05, 4.69) is 20.6 Å². The molecule has 0 aliphatic heterocycles. The maximum atomic E-state index is 12.9. The van der Waals surface area contributed by atoms with Gasteiger partial charge in [0.15, 0.2) is 5.71 Å². The number of benzene rings is 1. The van der Waals surface area contributed by atoms with Gasteiger partial charge in [-0.1, -0.05) is 50.6 Å². The molecule has 154 valence electrons. The third-order valence-electron chi connectivity index (χ3n) is 3.99. The monoisotopic (exact) mass is 398 g/mol. The van der Waals surface area contributed by atoms with E-state index in [9.17, 15) is 19.6 Å². The average Bonchev–Trinajstić information content (AvgIpc) is 2.67. The van der Waals surface area contributed by atoms with Crippen molar-refractivity contribution in [3.05, 3.63) is 35.9 Å². The van der Waals surface area contributed by atoms with E-state index in [1.807, 2.05) is 50.2 Å². The molecule has 29 heavy (non-hydrogen) atoms. The molecule has 0 aliphatic rings. The SMILES string of the molecule is C#C/N=C(\C=N/C)C(=O)N[C@@H](Cc1ccccc1)C(=O)N[C@@H](CC(C)C)B(O)O. The van der Waals surface area contributed by atoms with Crippen LogP contribution in [0, 0.1) is 18.4 Å². The zero-order valence-electron chi connectivity index (χ0n) is 16.9. The number of rotatable bonds is 10. The van der Waals surface area contributed by atoms with Crippen molar-refractivity contribution >= 4 is 30.9 Å². The third-order valence-corrected chi connectivity index (χ3v) is 3.99. The van der Waals surface area contributed by atoms with Gasteiger partial charge in [0.2, 0.25) is 5.91 Å². The van der Waals surface area contributed by atoms with Crippen molar-refractivity contribution < 1.29 is 19.6 Å². The van der Waals surface area contributed by atoms with Gasteiger partial charge in [0.1, 0.15) is 6.04 Å². The Bertz CT molecular complexity index is 772. The molecule has 9 heteroatoms. The number of hydrogen-bond donors (Lipinski definition) is 4. The first kappa shape index (κ1) is 24.1. The Morgan fingerprint density at radius 2 is 1.90 bits per heavy atom. The van der Waals surface area contributed by atoms with E-state index < -0.39 is 30.9 Å². The summed E-state index contributed by atoms with van der Waals surface area (Å²) in [5.41, 5.74) is 0.708. The van der Waals surface area contributed by atoms with Crippen LogP contribution in [0.4, 0.5) is 0 Å². The fraction of sp³-hybridized carbons (Fsp3) is 0.400. The summed E-state index contributed by atoms with van der Waals surface area (Å²) in [5, 5.41) is 24.4. The van der Waals surface area contributed by atoms with Crippen molar-refractivity contribution in [2.24, 2.45) is 15.9 Å². The summed E-state index contributed by atoms with van der Waals surface area (Å²) in [6, 6.07) is 10.2. The molecule has 0 unspecified atom stereocenters. The van der Waals surface area contributed by atoms with Gasteiger partial charge in [-0.2, -0.15) is 4.99 Å². The standard InChI is InChI=1S/C20H27BN4O4/c1-5-23-17(13-22-4)20(27)24-16(12-15-9-7-6-8-10-15)19(26)25-18(21(28)29)11-14(2)3/h1,6-10,13-14,16,18,28-29H,11-12H2,2-4H3,(H,24,27)(H,25,26)/b22-13-,23-17+/t16-,18-/m0/s1. The topological polar surface area (TPSA) is 123 Å². The largest absolute Gasteiger partial charge is 0.475 e. The fourth-order valence-corrected chi connectivity index (χ4v) is 2.67. The highest BCUT2D eigenvalue weighted by Crippen LogP contribution is 2.08. The molecule has 0 aromatic heterocycles. The van der Waals surface area contributed by atoms with Gasteiger partial charge in [-0.25, -0.2) is 0 Å². The molecule has 1 rings (SSSR count). The van der Waals surface area contributed by atoms with Crippen molar-refractivity contribution in [1.29, 1.82) is 0 Å². The third kappa shape index (κ3) is 8.72. The molecule has 8 nitrogen and oxygen atoms in total. The molecule has 0 fully saturated rings. The first-order valence-electron chi connectivity index (χ1n) is 9.25. The Morgan fingerprint density at radius 3 is 2.41 bits per heavy atom. The Kier molecular flexibility index (Phi) is 10.4. The highest BCUT2D eigenvalue weighted by Gasteiger charge is 2.30. The van der Waals surface area contributed by atoms with Crippen LogP contribution in [0.15, 0.2) is 40.3 Å². The summed E-state index contributed by atoms with van der Waals surface area (Å²) in [7, 11) is -0.257. The smallest absolute Gasteiger partial charge is 0.426 e. The van der Waals surface area contributed by atoms with Crippen LogP contribution >= 0.6 is 0 Å². The van der Waals surface area contributed by atoms with E-state index in [4.69, 9.17) is 6.42 Å². The van der Waals surface area contributed by atoms with E-state index in [0.717, 1.165) is 5.56 Å². The van der Waals surface area contributed by atoms with Crippen LogP contribution < -0.4 is 10.6 Å². The molecule has 4 N–H and O–H groups in total. The molecule has 1 aromatic rings. The van der Waals surface area contributed by atoms with Crippen molar-refractivity contribution in [3.63, 3.8) is 0 Å². The second-order valence-corrected chi connectivity index (χ2v) is 6.89. The lowest BCUT2D eigenvalue weighted by atomic mass is 9.75. The van der Waals surface area contributed by atoms with Crippen LogP contribution in [0.25, 0.3) is 0 Å². The van der Waals surface area contributed by atoms with E-state index in [1.165, 1.54) is 13.3 Å². The Hall–Kier alpha value is -2.96. The predicted molar refractivity (Wildman–Crippen MR) is 114 cm³/mol. The van der Waals surface area contributed by atoms with Gasteiger partial charge in [-0.05, 0) is 17.9 Å². The van der Waals surface area contributed by atoms with Crippen LogP contribution in [0.3, 0.4) is 0 Å². The summed E-state index contributed by atoms with van der Waals surface area (Å²) in [6.07, 6.45) is 6.90. The van der Waals surface area contributed by atoms with Crippen molar-refractivity contribution in [2.45, 2.75) is 38.7 Å². The zero-order chi connectivity index (χ0) is 21.8. The molecule has 0 saturated heterocycles. The molecule has 2 amide bonds. The van der Waals surface area contributed by atoms with E-state index >= 15 is 0 Å². The zero-order valence-corrected chi connectivity index (χ0v) is 16.9. The molecule has 0 heterocycles. The minimum absolute atomic E-state index is 0.109. The fourth-order valence-electron chi connectivity index (χ4n) is 2.67. The van der Waals surface area contributed by atoms with Gasteiger partial charge in [-0.15, -0.1) is 0 Å². The quantitative estimate of drug-likeness (QED) is 0.251. The summed E-state index contributed by atoms with van der Waals surface area (Å²) in [5.74, 6) is -1.95. The van der Waals surface area contributed by atoms with Gasteiger partial charge in [0.25, 0.3) is 5.91 Å².